The Morgan fingerprint density at radius 2 is 2.00 bits per heavy atom. The van der Waals surface area contributed by atoms with Gasteiger partial charge in [0.15, 0.2) is 0 Å². The second-order valence-electron chi connectivity index (χ2n) is 5.15. The Balaban J connectivity index is 2.19. The molecule has 0 bridgehead atoms. The summed E-state index contributed by atoms with van der Waals surface area (Å²) in [6, 6.07) is 6.29. The van der Waals surface area contributed by atoms with Gasteiger partial charge in [0.05, 0.1) is 11.7 Å². The summed E-state index contributed by atoms with van der Waals surface area (Å²) in [4.78, 5) is 9.00. The van der Waals surface area contributed by atoms with Gasteiger partial charge in [-0.05, 0) is 43.0 Å². The van der Waals surface area contributed by atoms with Crippen LogP contribution in [-0.4, -0.2) is 9.97 Å². The first-order valence-corrected chi connectivity index (χ1v) is 6.97. The van der Waals surface area contributed by atoms with E-state index in [1.54, 1.807) is 0 Å². The van der Waals surface area contributed by atoms with Crippen molar-refractivity contribution >= 4 is 0 Å². The molecular formula is C16H22N4. The van der Waals surface area contributed by atoms with Crippen LogP contribution in [0, 0.1) is 13.8 Å². The first-order valence-electron chi connectivity index (χ1n) is 6.97. The van der Waals surface area contributed by atoms with Gasteiger partial charge in [-0.1, -0.05) is 19.1 Å². The standard InChI is InChI=1S/C16H22N4/c1-4-13-5-6-14(18-10-13)8-15(20-17)16-12(3)7-11(2)9-19-16/h5-7,9-10,15,20H,4,8,17H2,1-3H3. The van der Waals surface area contributed by atoms with Crippen LogP contribution in [0.3, 0.4) is 0 Å². The Hall–Kier alpha value is -1.78. The van der Waals surface area contributed by atoms with E-state index in [-0.39, 0.29) is 6.04 Å². The second kappa shape index (κ2) is 6.59. The van der Waals surface area contributed by atoms with Crippen LogP contribution in [0.2, 0.25) is 0 Å². The van der Waals surface area contributed by atoms with Gasteiger partial charge in [-0.2, -0.15) is 0 Å². The number of rotatable bonds is 5. The first-order chi connectivity index (χ1) is 9.63. The predicted octanol–water partition coefficient (Wildman–Crippen LogP) is 2.40. The lowest BCUT2D eigenvalue weighted by molar-refractivity contribution is 0.529. The van der Waals surface area contributed by atoms with Crippen LogP contribution in [0.15, 0.2) is 30.6 Å². The van der Waals surface area contributed by atoms with Gasteiger partial charge in [0.1, 0.15) is 0 Å². The SMILES string of the molecule is CCc1ccc(CC(NN)c2ncc(C)cc2C)nc1. The summed E-state index contributed by atoms with van der Waals surface area (Å²) < 4.78 is 0. The molecule has 2 aromatic heterocycles. The molecule has 0 radical (unpaired) electrons. The highest BCUT2D eigenvalue weighted by molar-refractivity contribution is 5.27. The normalized spacial score (nSPS) is 12.4. The number of hydrogen-bond donors (Lipinski definition) is 2. The Morgan fingerprint density at radius 3 is 2.55 bits per heavy atom. The minimum atomic E-state index is -0.0180. The number of pyridine rings is 2. The van der Waals surface area contributed by atoms with Crippen LogP contribution in [0.25, 0.3) is 0 Å². The summed E-state index contributed by atoms with van der Waals surface area (Å²) in [6.45, 7) is 6.23. The molecule has 1 unspecified atom stereocenters. The van der Waals surface area contributed by atoms with Gasteiger partial charge in [0, 0.05) is 24.5 Å². The fraction of sp³-hybridized carbons (Fsp3) is 0.375. The minimum absolute atomic E-state index is 0.0180. The molecule has 2 rings (SSSR count). The van der Waals surface area contributed by atoms with E-state index in [2.05, 4.69) is 47.4 Å². The maximum atomic E-state index is 5.70. The Kier molecular flexibility index (Phi) is 4.82. The van der Waals surface area contributed by atoms with Crippen molar-refractivity contribution < 1.29 is 0 Å². The highest BCUT2D eigenvalue weighted by Gasteiger charge is 2.15. The van der Waals surface area contributed by atoms with Gasteiger partial charge in [-0.3, -0.25) is 21.2 Å². The molecule has 0 saturated heterocycles. The van der Waals surface area contributed by atoms with Crippen LogP contribution in [-0.2, 0) is 12.8 Å². The molecule has 0 aliphatic carbocycles. The van der Waals surface area contributed by atoms with Crippen molar-refractivity contribution in [3.8, 4) is 0 Å². The number of nitrogens with two attached hydrogens (primary N) is 1. The van der Waals surface area contributed by atoms with Crippen molar-refractivity contribution in [1.82, 2.24) is 15.4 Å². The summed E-state index contributed by atoms with van der Waals surface area (Å²) in [7, 11) is 0. The van der Waals surface area contributed by atoms with E-state index in [4.69, 9.17) is 5.84 Å². The topological polar surface area (TPSA) is 63.8 Å². The average molecular weight is 270 g/mol. The van der Waals surface area contributed by atoms with Crippen molar-refractivity contribution in [3.05, 3.63) is 58.7 Å². The number of nitrogens with one attached hydrogen (secondary N) is 1. The van der Waals surface area contributed by atoms with Crippen molar-refractivity contribution in [3.63, 3.8) is 0 Å². The average Bonchev–Trinajstić information content (AvgIpc) is 2.46. The summed E-state index contributed by atoms with van der Waals surface area (Å²) in [5.41, 5.74) is 8.42. The lowest BCUT2D eigenvalue weighted by Gasteiger charge is -2.17. The molecule has 2 heterocycles. The second-order valence-corrected chi connectivity index (χ2v) is 5.15. The Bertz CT molecular complexity index is 563. The molecule has 20 heavy (non-hydrogen) atoms. The fourth-order valence-electron chi connectivity index (χ4n) is 2.32. The fourth-order valence-corrected chi connectivity index (χ4v) is 2.32. The molecule has 1 atom stereocenters. The third kappa shape index (κ3) is 3.40. The van der Waals surface area contributed by atoms with Gasteiger partial charge in [-0.25, -0.2) is 0 Å². The van der Waals surface area contributed by atoms with E-state index < -0.39 is 0 Å². The molecule has 4 nitrogen and oxygen atoms in total. The Morgan fingerprint density at radius 1 is 1.20 bits per heavy atom. The molecule has 0 saturated carbocycles. The smallest absolute Gasteiger partial charge is 0.0690 e. The van der Waals surface area contributed by atoms with Crippen LogP contribution >= 0.6 is 0 Å². The molecule has 0 amide bonds. The van der Waals surface area contributed by atoms with Crippen molar-refractivity contribution in [2.45, 2.75) is 39.7 Å². The van der Waals surface area contributed by atoms with E-state index in [0.29, 0.717) is 0 Å². The number of aromatic nitrogens is 2. The molecule has 4 heteroatoms. The van der Waals surface area contributed by atoms with E-state index in [0.717, 1.165) is 35.4 Å². The molecule has 2 aromatic rings. The van der Waals surface area contributed by atoms with Crippen LogP contribution < -0.4 is 11.3 Å². The maximum absolute atomic E-state index is 5.70. The minimum Gasteiger partial charge on any atom is -0.271 e. The van der Waals surface area contributed by atoms with Gasteiger partial charge in [0.25, 0.3) is 0 Å². The third-order valence-corrected chi connectivity index (χ3v) is 3.49. The maximum Gasteiger partial charge on any atom is 0.0690 e. The van der Waals surface area contributed by atoms with Gasteiger partial charge in [0.2, 0.25) is 0 Å². The van der Waals surface area contributed by atoms with Gasteiger partial charge >= 0.3 is 0 Å². The largest absolute Gasteiger partial charge is 0.271 e. The lowest BCUT2D eigenvalue weighted by Crippen LogP contribution is -2.31. The van der Waals surface area contributed by atoms with Gasteiger partial charge < -0.3 is 0 Å². The summed E-state index contributed by atoms with van der Waals surface area (Å²) >= 11 is 0. The molecule has 0 spiro atoms. The molecule has 3 N–H and O–H groups in total. The van der Waals surface area contributed by atoms with E-state index in [1.807, 2.05) is 19.3 Å². The summed E-state index contributed by atoms with van der Waals surface area (Å²) in [6.07, 6.45) is 5.54. The highest BCUT2D eigenvalue weighted by atomic mass is 15.2. The number of aryl methyl sites for hydroxylation is 3. The van der Waals surface area contributed by atoms with Crippen molar-refractivity contribution in [2.24, 2.45) is 5.84 Å². The third-order valence-electron chi connectivity index (χ3n) is 3.49. The molecule has 106 valence electrons. The molecule has 0 aliphatic heterocycles. The zero-order valence-corrected chi connectivity index (χ0v) is 12.4. The quantitative estimate of drug-likeness (QED) is 0.647. The number of hydrogen-bond acceptors (Lipinski definition) is 4. The van der Waals surface area contributed by atoms with Crippen molar-refractivity contribution in [1.29, 1.82) is 0 Å². The summed E-state index contributed by atoms with van der Waals surface area (Å²) in [5.74, 6) is 5.70. The molecule has 0 aliphatic rings. The molecule has 0 fully saturated rings. The molecule has 0 aromatic carbocycles. The van der Waals surface area contributed by atoms with Crippen molar-refractivity contribution in [2.75, 3.05) is 0 Å². The summed E-state index contributed by atoms with van der Waals surface area (Å²) in [5, 5.41) is 0. The number of nitrogens with zero attached hydrogens (tertiary/aromatic N) is 2. The first kappa shape index (κ1) is 14.6. The van der Waals surface area contributed by atoms with Crippen LogP contribution in [0.4, 0.5) is 0 Å². The predicted molar refractivity (Wildman–Crippen MR) is 81.1 cm³/mol. The van der Waals surface area contributed by atoms with Gasteiger partial charge in [-0.15, -0.1) is 0 Å². The molecular weight excluding hydrogens is 248 g/mol. The highest BCUT2D eigenvalue weighted by Crippen LogP contribution is 2.19. The zero-order chi connectivity index (χ0) is 14.5. The van der Waals surface area contributed by atoms with Crippen LogP contribution in [0.1, 0.15) is 41.0 Å². The number of hydrazine groups is 1. The monoisotopic (exact) mass is 270 g/mol. The van der Waals surface area contributed by atoms with E-state index >= 15 is 0 Å². The lowest BCUT2D eigenvalue weighted by atomic mass is 10.0. The van der Waals surface area contributed by atoms with Crippen LogP contribution in [0.5, 0.6) is 0 Å². The Labute approximate surface area is 120 Å². The van der Waals surface area contributed by atoms with E-state index in [1.165, 1.54) is 5.56 Å². The zero-order valence-electron chi connectivity index (χ0n) is 12.4. The van der Waals surface area contributed by atoms with E-state index in [9.17, 15) is 0 Å².